The van der Waals surface area contributed by atoms with Gasteiger partial charge in [0.15, 0.2) is 0 Å². The second-order valence-electron chi connectivity index (χ2n) is 6.46. The second kappa shape index (κ2) is 6.47. The van der Waals surface area contributed by atoms with Crippen LogP contribution in [0, 0.1) is 6.92 Å². The fourth-order valence-corrected chi connectivity index (χ4v) is 2.91. The molecule has 3 rings (SSSR count). The van der Waals surface area contributed by atoms with Crippen LogP contribution >= 0.6 is 0 Å². The minimum Gasteiger partial charge on any atom is -0.315 e. The summed E-state index contributed by atoms with van der Waals surface area (Å²) >= 11 is 0. The normalized spacial score (nSPS) is 11.3. The zero-order chi connectivity index (χ0) is 16.4. The van der Waals surface area contributed by atoms with Crippen molar-refractivity contribution < 1.29 is 0 Å². The molecular formula is C20H25N3. The molecule has 0 amide bonds. The van der Waals surface area contributed by atoms with E-state index < -0.39 is 0 Å². The van der Waals surface area contributed by atoms with Gasteiger partial charge in [0.05, 0.1) is 5.52 Å². The molecule has 2 aromatic carbocycles. The van der Waals surface area contributed by atoms with Crippen LogP contribution in [-0.4, -0.2) is 43.8 Å². The Morgan fingerprint density at radius 1 is 0.913 bits per heavy atom. The SMILES string of the molecule is Cc1ccc2c(c1)c(-c1ccccc1)cn2N(C)CCN(C)C. The van der Waals surface area contributed by atoms with Crippen molar-refractivity contribution >= 4 is 10.9 Å². The summed E-state index contributed by atoms with van der Waals surface area (Å²) < 4.78 is 2.28. The Labute approximate surface area is 138 Å². The molecule has 0 aliphatic carbocycles. The number of hydrogen-bond donors (Lipinski definition) is 0. The van der Waals surface area contributed by atoms with Crippen LogP contribution in [0.4, 0.5) is 0 Å². The van der Waals surface area contributed by atoms with Crippen molar-refractivity contribution in [3.63, 3.8) is 0 Å². The molecule has 0 aliphatic rings. The number of likely N-dealkylation sites (N-methyl/N-ethyl adjacent to an activating group) is 2. The summed E-state index contributed by atoms with van der Waals surface area (Å²) in [6.07, 6.45) is 2.26. The predicted octanol–water partition coefficient (Wildman–Crippen LogP) is 3.75. The zero-order valence-corrected chi connectivity index (χ0v) is 14.5. The van der Waals surface area contributed by atoms with E-state index >= 15 is 0 Å². The number of aryl methyl sites for hydroxylation is 1. The molecule has 3 nitrogen and oxygen atoms in total. The third-order valence-corrected chi connectivity index (χ3v) is 4.26. The number of nitrogens with zero attached hydrogens (tertiary/aromatic N) is 3. The molecule has 3 heteroatoms. The Balaban J connectivity index is 2.09. The van der Waals surface area contributed by atoms with E-state index in [1.54, 1.807) is 0 Å². The molecule has 120 valence electrons. The minimum atomic E-state index is 0.985. The van der Waals surface area contributed by atoms with E-state index in [1.165, 1.54) is 27.6 Å². The smallest absolute Gasteiger partial charge is 0.0701 e. The van der Waals surface area contributed by atoms with E-state index in [2.05, 4.69) is 97.4 Å². The summed E-state index contributed by atoms with van der Waals surface area (Å²) in [7, 11) is 6.37. The van der Waals surface area contributed by atoms with Crippen LogP contribution in [0.15, 0.2) is 54.7 Å². The van der Waals surface area contributed by atoms with E-state index in [-0.39, 0.29) is 0 Å². The molecule has 0 saturated carbocycles. The van der Waals surface area contributed by atoms with Crippen molar-refractivity contribution in [2.24, 2.45) is 0 Å². The highest BCUT2D eigenvalue weighted by molar-refractivity contribution is 5.96. The number of benzene rings is 2. The Bertz CT molecular complexity index is 787. The highest BCUT2D eigenvalue weighted by Gasteiger charge is 2.12. The second-order valence-corrected chi connectivity index (χ2v) is 6.46. The van der Waals surface area contributed by atoms with Crippen LogP contribution in [0.5, 0.6) is 0 Å². The molecule has 0 spiro atoms. The van der Waals surface area contributed by atoms with Crippen LogP contribution in [0.1, 0.15) is 5.56 Å². The van der Waals surface area contributed by atoms with Crippen LogP contribution < -0.4 is 5.01 Å². The number of hydrogen-bond acceptors (Lipinski definition) is 2. The van der Waals surface area contributed by atoms with Crippen LogP contribution in [-0.2, 0) is 0 Å². The topological polar surface area (TPSA) is 11.4 Å². The van der Waals surface area contributed by atoms with Gasteiger partial charge in [-0.2, -0.15) is 0 Å². The lowest BCUT2D eigenvalue weighted by atomic mass is 10.0. The Morgan fingerprint density at radius 3 is 2.35 bits per heavy atom. The first-order chi connectivity index (χ1) is 11.1. The molecule has 0 unspecified atom stereocenters. The molecule has 1 heterocycles. The van der Waals surface area contributed by atoms with Gasteiger partial charge in [0.25, 0.3) is 0 Å². The van der Waals surface area contributed by atoms with Gasteiger partial charge in [-0.15, -0.1) is 0 Å². The maximum atomic E-state index is 2.29. The summed E-state index contributed by atoms with van der Waals surface area (Å²) in [5, 5.41) is 3.59. The largest absolute Gasteiger partial charge is 0.315 e. The molecule has 0 N–H and O–H groups in total. The van der Waals surface area contributed by atoms with Gasteiger partial charge in [0.2, 0.25) is 0 Å². The minimum absolute atomic E-state index is 0.985. The molecule has 0 saturated heterocycles. The van der Waals surface area contributed by atoms with Crippen LogP contribution in [0.3, 0.4) is 0 Å². The van der Waals surface area contributed by atoms with Gasteiger partial charge in [-0.05, 0) is 38.7 Å². The number of fused-ring (bicyclic) bond motifs is 1. The maximum Gasteiger partial charge on any atom is 0.0701 e. The molecule has 0 radical (unpaired) electrons. The molecule has 0 bridgehead atoms. The Kier molecular flexibility index (Phi) is 4.39. The summed E-state index contributed by atoms with van der Waals surface area (Å²) in [6, 6.07) is 17.3. The highest BCUT2D eigenvalue weighted by Crippen LogP contribution is 2.31. The first kappa shape index (κ1) is 15.6. The lowest BCUT2D eigenvalue weighted by molar-refractivity contribution is 0.404. The van der Waals surface area contributed by atoms with Crippen molar-refractivity contribution in [1.29, 1.82) is 0 Å². The molecule has 0 atom stereocenters. The highest BCUT2D eigenvalue weighted by atomic mass is 15.5. The fraction of sp³-hybridized carbons (Fsp3) is 0.300. The average Bonchev–Trinajstić information content (AvgIpc) is 2.92. The van der Waals surface area contributed by atoms with E-state index in [1.807, 2.05) is 0 Å². The molecule has 3 aromatic rings. The van der Waals surface area contributed by atoms with Crippen molar-refractivity contribution in [2.75, 3.05) is 39.2 Å². The maximum absolute atomic E-state index is 2.29. The van der Waals surface area contributed by atoms with Crippen molar-refractivity contribution in [3.05, 3.63) is 60.3 Å². The Hall–Kier alpha value is -2.26. The van der Waals surface area contributed by atoms with Gasteiger partial charge < -0.3 is 9.91 Å². The predicted molar refractivity (Wildman–Crippen MR) is 99.7 cm³/mol. The monoisotopic (exact) mass is 307 g/mol. The standard InChI is InChI=1S/C20H25N3/c1-16-10-11-20-18(14-16)19(17-8-6-5-7-9-17)15-23(20)22(4)13-12-21(2)3/h5-11,14-15H,12-13H2,1-4H3. The van der Waals surface area contributed by atoms with E-state index in [4.69, 9.17) is 0 Å². The first-order valence-corrected chi connectivity index (χ1v) is 8.09. The molecule has 0 aliphatic heterocycles. The summed E-state index contributed by atoms with van der Waals surface area (Å²) in [5.74, 6) is 0. The average molecular weight is 307 g/mol. The third-order valence-electron chi connectivity index (χ3n) is 4.26. The van der Waals surface area contributed by atoms with Crippen LogP contribution in [0.2, 0.25) is 0 Å². The van der Waals surface area contributed by atoms with Gasteiger partial charge in [-0.25, -0.2) is 0 Å². The number of rotatable bonds is 5. The third kappa shape index (κ3) is 3.25. The zero-order valence-electron chi connectivity index (χ0n) is 14.5. The van der Waals surface area contributed by atoms with E-state index in [9.17, 15) is 0 Å². The van der Waals surface area contributed by atoms with Gasteiger partial charge in [0, 0.05) is 37.3 Å². The summed E-state index contributed by atoms with van der Waals surface area (Å²) in [4.78, 5) is 2.21. The molecular weight excluding hydrogens is 282 g/mol. The van der Waals surface area contributed by atoms with Crippen molar-refractivity contribution in [2.45, 2.75) is 6.92 Å². The van der Waals surface area contributed by atoms with Gasteiger partial charge in [0.1, 0.15) is 0 Å². The lowest BCUT2D eigenvalue weighted by Crippen LogP contribution is -2.35. The van der Waals surface area contributed by atoms with Crippen molar-refractivity contribution in [1.82, 2.24) is 9.58 Å². The lowest BCUT2D eigenvalue weighted by Gasteiger charge is -2.23. The van der Waals surface area contributed by atoms with Gasteiger partial charge in [-0.3, -0.25) is 4.68 Å². The fourth-order valence-electron chi connectivity index (χ4n) is 2.91. The Morgan fingerprint density at radius 2 is 1.65 bits per heavy atom. The first-order valence-electron chi connectivity index (χ1n) is 8.09. The summed E-state index contributed by atoms with van der Waals surface area (Å²) in [5.41, 5.74) is 5.11. The molecule has 1 aromatic heterocycles. The van der Waals surface area contributed by atoms with E-state index in [0.29, 0.717) is 0 Å². The van der Waals surface area contributed by atoms with E-state index in [0.717, 1.165) is 13.1 Å². The van der Waals surface area contributed by atoms with Crippen molar-refractivity contribution in [3.8, 4) is 11.1 Å². The molecule has 23 heavy (non-hydrogen) atoms. The summed E-state index contributed by atoms with van der Waals surface area (Å²) in [6.45, 7) is 4.17. The van der Waals surface area contributed by atoms with Gasteiger partial charge >= 0.3 is 0 Å². The van der Waals surface area contributed by atoms with Gasteiger partial charge in [-0.1, -0.05) is 42.0 Å². The quantitative estimate of drug-likeness (QED) is 0.711. The molecule has 0 fully saturated rings. The van der Waals surface area contributed by atoms with Crippen LogP contribution in [0.25, 0.3) is 22.0 Å². The number of aromatic nitrogens is 1.